The summed E-state index contributed by atoms with van der Waals surface area (Å²) in [7, 11) is 0. The van der Waals surface area contributed by atoms with Crippen molar-refractivity contribution in [3.63, 3.8) is 0 Å². The molecule has 4 N–H and O–H groups in total. The lowest BCUT2D eigenvalue weighted by Crippen LogP contribution is -2.07. The molecule has 0 bridgehead atoms. The third-order valence-corrected chi connectivity index (χ3v) is 3.32. The van der Waals surface area contributed by atoms with Crippen molar-refractivity contribution in [3.05, 3.63) is 57.9 Å². The van der Waals surface area contributed by atoms with Gasteiger partial charge in [-0.15, -0.1) is 0 Å². The number of rotatable bonds is 2. The number of hydrogen-bond acceptors (Lipinski definition) is 4. The van der Waals surface area contributed by atoms with Gasteiger partial charge in [0.15, 0.2) is 0 Å². The van der Waals surface area contributed by atoms with E-state index in [1.807, 2.05) is 0 Å². The maximum atomic E-state index is 13.4. The minimum Gasteiger partial charge on any atom is -0.397 e. The second kappa shape index (κ2) is 5.06. The molecule has 0 saturated carbocycles. The Bertz CT molecular complexity index is 894. The molecule has 3 aromatic rings. The fraction of sp³-hybridized carbons (Fsp3) is 0. The van der Waals surface area contributed by atoms with Gasteiger partial charge in [-0.1, -0.05) is 11.6 Å². The van der Waals surface area contributed by atoms with Crippen molar-refractivity contribution < 1.29 is 4.39 Å². The van der Waals surface area contributed by atoms with Crippen LogP contribution in [0.5, 0.6) is 0 Å². The summed E-state index contributed by atoms with van der Waals surface area (Å²) in [5.41, 5.74) is 7.51. The molecule has 2 aromatic carbocycles. The second-order valence-electron chi connectivity index (χ2n) is 4.44. The number of nitrogens with one attached hydrogen (secondary N) is 2. The summed E-state index contributed by atoms with van der Waals surface area (Å²) in [6.07, 6.45) is 1.31. The van der Waals surface area contributed by atoms with Crippen LogP contribution >= 0.6 is 11.6 Å². The minimum absolute atomic E-state index is 0.0419. The van der Waals surface area contributed by atoms with Gasteiger partial charge < -0.3 is 16.0 Å². The molecule has 3 rings (SSSR count). The van der Waals surface area contributed by atoms with Crippen LogP contribution in [0.15, 0.2) is 41.5 Å². The molecular formula is C14H10ClFN4O. The Labute approximate surface area is 123 Å². The normalized spacial score (nSPS) is 10.8. The molecule has 0 fully saturated rings. The highest BCUT2D eigenvalue weighted by Gasteiger charge is 2.07. The lowest BCUT2D eigenvalue weighted by Gasteiger charge is -2.10. The maximum Gasteiger partial charge on any atom is 0.258 e. The quantitative estimate of drug-likeness (QED) is 0.635. The van der Waals surface area contributed by atoms with Gasteiger partial charge in [0.2, 0.25) is 0 Å². The van der Waals surface area contributed by atoms with E-state index in [1.165, 1.54) is 24.5 Å². The number of anilines is 3. The summed E-state index contributed by atoms with van der Waals surface area (Å²) >= 11 is 5.63. The van der Waals surface area contributed by atoms with E-state index in [-0.39, 0.29) is 10.6 Å². The highest BCUT2D eigenvalue weighted by Crippen LogP contribution is 2.28. The number of fused-ring (bicyclic) bond motifs is 1. The molecule has 1 heterocycles. The van der Waals surface area contributed by atoms with Crippen LogP contribution < -0.4 is 16.6 Å². The maximum absolute atomic E-state index is 13.4. The van der Waals surface area contributed by atoms with Crippen LogP contribution in [0.25, 0.3) is 10.9 Å². The molecule has 0 aliphatic carbocycles. The first-order valence-corrected chi connectivity index (χ1v) is 6.41. The highest BCUT2D eigenvalue weighted by molar-refractivity contribution is 6.30. The molecule has 5 nitrogen and oxygen atoms in total. The van der Waals surface area contributed by atoms with Crippen LogP contribution in [0, 0.1) is 5.82 Å². The predicted molar refractivity (Wildman–Crippen MR) is 81.5 cm³/mol. The summed E-state index contributed by atoms with van der Waals surface area (Å²) < 4.78 is 13.4. The van der Waals surface area contributed by atoms with Crippen LogP contribution in [0.3, 0.4) is 0 Å². The highest BCUT2D eigenvalue weighted by atomic mass is 35.5. The molecule has 0 amide bonds. The summed E-state index contributed by atoms with van der Waals surface area (Å²) in [6.45, 7) is 0. The number of aromatic nitrogens is 2. The van der Waals surface area contributed by atoms with Gasteiger partial charge >= 0.3 is 0 Å². The Morgan fingerprint density at radius 1 is 1.29 bits per heavy atom. The first kappa shape index (κ1) is 13.4. The SMILES string of the molecule is Nc1cc2c(=O)[nH]cnc2cc1Nc1ccc(Cl)c(F)c1. The van der Waals surface area contributed by atoms with Crippen molar-refractivity contribution in [2.24, 2.45) is 0 Å². The van der Waals surface area contributed by atoms with Gasteiger partial charge in [0.05, 0.1) is 33.6 Å². The van der Waals surface area contributed by atoms with Gasteiger partial charge in [0.25, 0.3) is 5.56 Å². The van der Waals surface area contributed by atoms with Crippen molar-refractivity contribution in [2.45, 2.75) is 0 Å². The van der Waals surface area contributed by atoms with Crippen LogP contribution in [0.2, 0.25) is 5.02 Å². The monoisotopic (exact) mass is 304 g/mol. The number of nitrogen functional groups attached to an aromatic ring is 1. The van der Waals surface area contributed by atoms with E-state index in [1.54, 1.807) is 12.1 Å². The Morgan fingerprint density at radius 2 is 2.10 bits per heavy atom. The van der Waals surface area contributed by atoms with E-state index in [4.69, 9.17) is 17.3 Å². The van der Waals surface area contributed by atoms with E-state index in [9.17, 15) is 9.18 Å². The Kier molecular flexibility index (Phi) is 3.23. The third kappa shape index (κ3) is 2.53. The summed E-state index contributed by atoms with van der Waals surface area (Å²) in [6, 6.07) is 7.49. The smallest absolute Gasteiger partial charge is 0.258 e. The van der Waals surface area contributed by atoms with Gasteiger partial charge in [-0.3, -0.25) is 4.79 Å². The Balaban J connectivity index is 2.06. The average Bonchev–Trinajstić information content (AvgIpc) is 2.45. The first-order chi connectivity index (χ1) is 10.0. The first-order valence-electron chi connectivity index (χ1n) is 6.03. The molecule has 0 spiro atoms. The van der Waals surface area contributed by atoms with E-state index in [0.717, 1.165) is 0 Å². The predicted octanol–water partition coefficient (Wildman–Crippen LogP) is 3.04. The molecule has 106 valence electrons. The standard InChI is InChI=1S/C14H10ClFN4O/c15-9-2-1-7(3-10(9)16)20-13-5-12-8(4-11(13)17)14(21)19-6-18-12/h1-6,20H,17H2,(H,18,19,21). The average molecular weight is 305 g/mol. The molecule has 0 aliphatic heterocycles. The number of aromatic amines is 1. The van der Waals surface area contributed by atoms with Crippen LogP contribution in [0.1, 0.15) is 0 Å². The number of benzene rings is 2. The fourth-order valence-electron chi connectivity index (χ4n) is 1.97. The molecule has 21 heavy (non-hydrogen) atoms. The number of nitrogens with two attached hydrogens (primary N) is 1. The zero-order valence-corrected chi connectivity index (χ0v) is 11.4. The molecule has 0 radical (unpaired) electrons. The van der Waals surface area contributed by atoms with E-state index in [2.05, 4.69) is 15.3 Å². The van der Waals surface area contributed by atoms with E-state index >= 15 is 0 Å². The molecule has 7 heteroatoms. The topological polar surface area (TPSA) is 83.8 Å². The minimum atomic E-state index is -0.532. The van der Waals surface area contributed by atoms with Crippen molar-refractivity contribution >= 4 is 39.6 Å². The number of halogens is 2. The van der Waals surface area contributed by atoms with Gasteiger partial charge in [-0.05, 0) is 30.3 Å². The number of hydrogen-bond donors (Lipinski definition) is 3. The van der Waals surface area contributed by atoms with Gasteiger partial charge in [-0.2, -0.15) is 0 Å². The van der Waals surface area contributed by atoms with Crippen LogP contribution in [-0.4, -0.2) is 9.97 Å². The lowest BCUT2D eigenvalue weighted by atomic mass is 10.2. The van der Waals surface area contributed by atoms with Gasteiger partial charge in [-0.25, -0.2) is 9.37 Å². The fourth-order valence-corrected chi connectivity index (χ4v) is 2.09. The van der Waals surface area contributed by atoms with Crippen LogP contribution in [0.4, 0.5) is 21.5 Å². The van der Waals surface area contributed by atoms with Crippen molar-refractivity contribution in [3.8, 4) is 0 Å². The molecule has 0 aliphatic rings. The van der Waals surface area contributed by atoms with Gasteiger partial charge in [0.1, 0.15) is 5.82 Å². The molecule has 1 aromatic heterocycles. The number of nitrogens with zero attached hydrogens (tertiary/aromatic N) is 1. The van der Waals surface area contributed by atoms with Crippen LogP contribution in [-0.2, 0) is 0 Å². The molecule has 0 saturated heterocycles. The Morgan fingerprint density at radius 3 is 2.86 bits per heavy atom. The van der Waals surface area contributed by atoms with Crippen molar-refractivity contribution in [2.75, 3.05) is 11.1 Å². The molecule has 0 atom stereocenters. The number of H-pyrrole nitrogens is 1. The summed E-state index contributed by atoms with van der Waals surface area (Å²) in [5, 5.41) is 3.41. The summed E-state index contributed by atoms with van der Waals surface area (Å²) in [4.78, 5) is 18.2. The second-order valence-corrected chi connectivity index (χ2v) is 4.85. The largest absolute Gasteiger partial charge is 0.397 e. The zero-order valence-electron chi connectivity index (χ0n) is 10.7. The van der Waals surface area contributed by atoms with Gasteiger partial charge in [0, 0.05) is 5.69 Å². The Hall–Kier alpha value is -2.60. The third-order valence-electron chi connectivity index (χ3n) is 3.01. The summed E-state index contributed by atoms with van der Waals surface area (Å²) in [5.74, 6) is -0.532. The molecule has 0 unspecified atom stereocenters. The zero-order chi connectivity index (χ0) is 15.0. The lowest BCUT2D eigenvalue weighted by molar-refractivity contribution is 0.629. The van der Waals surface area contributed by atoms with E-state index < -0.39 is 5.82 Å². The molecular weight excluding hydrogens is 295 g/mol. The van der Waals surface area contributed by atoms with Crippen molar-refractivity contribution in [1.29, 1.82) is 0 Å². The van der Waals surface area contributed by atoms with Crippen molar-refractivity contribution in [1.82, 2.24) is 9.97 Å². The van der Waals surface area contributed by atoms with E-state index in [0.29, 0.717) is 28.0 Å².